The number of benzene rings is 1. The summed E-state index contributed by atoms with van der Waals surface area (Å²) in [6, 6.07) is 6.91. The van der Waals surface area contributed by atoms with Crippen molar-refractivity contribution >= 4 is 40.1 Å². The third-order valence-corrected chi connectivity index (χ3v) is 2.64. The highest BCUT2D eigenvalue weighted by molar-refractivity contribution is 14.1. The van der Waals surface area contributed by atoms with Crippen LogP contribution < -0.4 is 10.6 Å². The quantitative estimate of drug-likeness (QED) is 0.829. The van der Waals surface area contributed by atoms with Gasteiger partial charge in [0, 0.05) is 16.2 Å². The minimum atomic E-state index is -0.531. The molecule has 0 radical (unpaired) electrons. The number of halogens is 1. The molecule has 1 rings (SSSR count). The van der Waals surface area contributed by atoms with E-state index in [1.165, 1.54) is 6.92 Å². The van der Waals surface area contributed by atoms with Crippen LogP contribution in [0.2, 0.25) is 0 Å². The van der Waals surface area contributed by atoms with E-state index in [1.807, 2.05) is 24.3 Å². The summed E-state index contributed by atoms with van der Waals surface area (Å²) in [7, 11) is 0. The van der Waals surface area contributed by atoms with E-state index in [0.717, 1.165) is 9.26 Å². The molecule has 1 aromatic rings. The lowest BCUT2D eigenvalue weighted by Gasteiger charge is -2.12. The Hall–Kier alpha value is -1.11. The van der Waals surface area contributed by atoms with E-state index >= 15 is 0 Å². The van der Waals surface area contributed by atoms with Gasteiger partial charge in [0.25, 0.3) is 0 Å². The zero-order chi connectivity index (χ0) is 12.1. The van der Waals surface area contributed by atoms with Crippen molar-refractivity contribution in [2.24, 2.45) is 0 Å². The van der Waals surface area contributed by atoms with Crippen LogP contribution in [0.5, 0.6) is 0 Å². The summed E-state index contributed by atoms with van der Waals surface area (Å²) in [4.78, 5) is 22.4. The Morgan fingerprint density at radius 1 is 1.25 bits per heavy atom. The molecule has 1 unspecified atom stereocenters. The average Bonchev–Trinajstić information content (AvgIpc) is 2.20. The van der Waals surface area contributed by atoms with Crippen molar-refractivity contribution in [3.05, 3.63) is 27.8 Å². The average molecular weight is 332 g/mol. The minimum absolute atomic E-state index is 0.217. The largest absolute Gasteiger partial charge is 0.345 e. The monoisotopic (exact) mass is 332 g/mol. The molecule has 0 aliphatic heterocycles. The van der Waals surface area contributed by atoms with Crippen LogP contribution in [0.15, 0.2) is 24.3 Å². The summed E-state index contributed by atoms with van der Waals surface area (Å²) in [6.45, 7) is 3.03. The van der Waals surface area contributed by atoms with Gasteiger partial charge in [-0.1, -0.05) is 0 Å². The Kier molecular flexibility index (Phi) is 4.72. The molecular weight excluding hydrogens is 319 g/mol. The fourth-order valence-corrected chi connectivity index (χ4v) is 1.51. The summed E-state index contributed by atoms with van der Waals surface area (Å²) in [6.07, 6.45) is 0. The molecule has 0 saturated heterocycles. The number of hydrogen-bond acceptors (Lipinski definition) is 2. The van der Waals surface area contributed by atoms with E-state index in [2.05, 4.69) is 33.2 Å². The van der Waals surface area contributed by atoms with Crippen LogP contribution in [0.4, 0.5) is 5.69 Å². The molecule has 0 fully saturated rings. The lowest BCUT2D eigenvalue weighted by Crippen LogP contribution is -2.40. The highest BCUT2D eigenvalue weighted by Gasteiger charge is 2.13. The first-order valence-corrected chi connectivity index (χ1v) is 5.90. The summed E-state index contributed by atoms with van der Waals surface area (Å²) in [5.74, 6) is -0.443. The van der Waals surface area contributed by atoms with Gasteiger partial charge in [0.15, 0.2) is 0 Å². The van der Waals surface area contributed by atoms with E-state index in [-0.39, 0.29) is 11.8 Å². The summed E-state index contributed by atoms with van der Waals surface area (Å²) in [5, 5.41) is 5.24. The maximum Gasteiger partial charge on any atom is 0.246 e. The van der Waals surface area contributed by atoms with Gasteiger partial charge in [-0.2, -0.15) is 0 Å². The van der Waals surface area contributed by atoms with Crippen molar-refractivity contribution in [3.63, 3.8) is 0 Å². The van der Waals surface area contributed by atoms with Crippen LogP contribution in [0, 0.1) is 3.57 Å². The lowest BCUT2D eigenvalue weighted by molar-refractivity contribution is -0.124. The van der Waals surface area contributed by atoms with Crippen molar-refractivity contribution in [2.75, 3.05) is 5.32 Å². The first kappa shape index (κ1) is 13.0. The third kappa shape index (κ3) is 4.18. The zero-order valence-corrected chi connectivity index (χ0v) is 11.2. The lowest BCUT2D eigenvalue weighted by atomic mass is 10.2. The van der Waals surface area contributed by atoms with E-state index in [4.69, 9.17) is 0 Å². The minimum Gasteiger partial charge on any atom is -0.345 e. The van der Waals surface area contributed by atoms with Gasteiger partial charge < -0.3 is 10.6 Å². The molecule has 1 atom stereocenters. The number of carbonyl (C=O) groups is 2. The molecule has 4 nitrogen and oxygen atoms in total. The molecule has 86 valence electrons. The summed E-state index contributed by atoms with van der Waals surface area (Å²) >= 11 is 2.19. The Labute approximate surface area is 108 Å². The van der Waals surface area contributed by atoms with Gasteiger partial charge in [-0.05, 0) is 53.8 Å². The molecule has 0 saturated carbocycles. The number of nitrogens with one attached hydrogen (secondary N) is 2. The Morgan fingerprint density at radius 3 is 2.31 bits per heavy atom. The Bertz CT molecular complexity index is 389. The molecule has 0 aliphatic rings. The van der Waals surface area contributed by atoms with Gasteiger partial charge in [0.05, 0.1) is 0 Å². The van der Waals surface area contributed by atoms with Crippen LogP contribution >= 0.6 is 22.6 Å². The van der Waals surface area contributed by atoms with Crippen LogP contribution in [-0.2, 0) is 9.59 Å². The van der Waals surface area contributed by atoms with E-state index in [0.29, 0.717) is 0 Å². The predicted octanol–water partition coefficient (Wildman–Crippen LogP) is 1.75. The predicted molar refractivity (Wildman–Crippen MR) is 71.1 cm³/mol. The number of rotatable bonds is 3. The van der Waals surface area contributed by atoms with E-state index in [9.17, 15) is 9.59 Å². The number of hydrogen-bond donors (Lipinski definition) is 2. The van der Waals surface area contributed by atoms with Gasteiger partial charge in [-0.15, -0.1) is 0 Å². The number of anilines is 1. The molecule has 16 heavy (non-hydrogen) atoms. The van der Waals surface area contributed by atoms with Gasteiger partial charge in [0.2, 0.25) is 11.8 Å². The molecular formula is C11H13IN2O2. The van der Waals surface area contributed by atoms with Gasteiger partial charge in [0.1, 0.15) is 6.04 Å². The molecule has 1 aromatic carbocycles. The maximum atomic E-state index is 11.6. The Morgan fingerprint density at radius 2 is 1.81 bits per heavy atom. The summed E-state index contributed by atoms with van der Waals surface area (Å²) < 4.78 is 1.10. The van der Waals surface area contributed by atoms with Gasteiger partial charge in [-0.25, -0.2) is 0 Å². The fraction of sp³-hybridized carbons (Fsp3) is 0.273. The normalized spacial score (nSPS) is 11.7. The van der Waals surface area contributed by atoms with Crippen molar-refractivity contribution in [1.82, 2.24) is 5.32 Å². The topological polar surface area (TPSA) is 58.2 Å². The van der Waals surface area contributed by atoms with Crippen molar-refractivity contribution in [1.29, 1.82) is 0 Å². The zero-order valence-electron chi connectivity index (χ0n) is 9.08. The highest BCUT2D eigenvalue weighted by atomic mass is 127. The first-order valence-electron chi connectivity index (χ1n) is 4.82. The highest BCUT2D eigenvalue weighted by Crippen LogP contribution is 2.11. The van der Waals surface area contributed by atoms with E-state index < -0.39 is 6.04 Å². The second-order valence-corrected chi connectivity index (χ2v) is 4.66. The SMILES string of the molecule is CC(=O)NC(C)C(=O)Nc1ccc(I)cc1. The van der Waals surface area contributed by atoms with Crippen LogP contribution in [0.1, 0.15) is 13.8 Å². The molecule has 0 aliphatic carbocycles. The standard InChI is InChI=1S/C11H13IN2O2/c1-7(13-8(2)15)11(16)14-10-5-3-9(12)4-6-10/h3-7H,1-2H3,(H,13,15)(H,14,16). The third-order valence-electron chi connectivity index (χ3n) is 1.92. The number of amides is 2. The molecule has 0 bridgehead atoms. The van der Waals surface area contributed by atoms with Gasteiger partial charge >= 0.3 is 0 Å². The molecule has 0 heterocycles. The summed E-state index contributed by atoms with van der Waals surface area (Å²) in [5.41, 5.74) is 0.725. The van der Waals surface area contributed by atoms with Crippen molar-refractivity contribution in [3.8, 4) is 0 Å². The molecule has 2 amide bonds. The number of carbonyl (C=O) groups excluding carboxylic acids is 2. The van der Waals surface area contributed by atoms with Crippen molar-refractivity contribution in [2.45, 2.75) is 19.9 Å². The van der Waals surface area contributed by atoms with Crippen molar-refractivity contribution < 1.29 is 9.59 Å². The molecule has 2 N–H and O–H groups in total. The molecule has 0 aromatic heterocycles. The smallest absolute Gasteiger partial charge is 0.246 e. The van der Waals surface area contributed by atoms with Crippen LogP contribution in [0.3, 0.4) is 0 Å². The maximum absolute atomic E-state index is 11.6. The van der Waals surface area contributed by atoms with E-state index in [1.54, 1.807) is 6.92 Å². The Balaban J connectivity index is 2.57. The van der Waals surface area contributed by atoms with Gasteiger partial charge in [-0.3, -0.25) is 9.59 Å². The second kappa shape index (κ2) is 5.83. The van der Waals surface area contributed by atoms with Crippen LogP contribution in [0.25, 0.3) is 0 Å². The van der Waals surface area contributed by atoms with Crippen LogP contribution in [-0.4, -0.2) is 17.9 Å². The first-order chi connectivity index (χ1) is 7.49. The molecule has 0 spiro atoms. The fourth-order valence-electron chi connectivity index (χ4n) is 1.15. The second-order valence-electron chi connectivity index (χ2n) is 3.42. The molecule has 5 heteroatoms.